The van der Waals surface area contributed by atoms with Crippen molar-refractivity contribution in [2.75, 3.05) is 49.2 Å². The molecule has 2 aromatic carbocycles. The monoisotopic (exact) mass is 476 g/mol. The number of carbonyl (C=O) groups is 1. The Kier molecular flexibility index (Phi) is 10.5. The number of nitrogens with one attached hydrogen (secondary N) is 1. The van der Waals surface area contributed by atoms with Gasteiger partial charge >= 0.3 is 0 Å². The number of nitriles is 1. The number of pyridine rings is 1. The molecule has 7 N–H and O–H groups in total. The van der Waals surface area contributed by atoms with E-state index in [0.29, 0.717) is 36.3 Å². The number of aldehydes is 1. The lowest BCUT2D eigenvalue weighted by Crippen LogP contribution is -2.26. The summed E-state index contributed by atoms with van der Waals surface area (Å²) in [6, 6.07) is 16.6. The predicted octanol–water partition coefficient (Wildman–Crippen LogP) is 2.97. The number of aliphatic hydroxyl groups is 1. The molecular formula is C26H32N6O3. The first-order valence-electron chi connectivity index (χ1n) is 11.3. The fraction of sp³-hybridized carbons (Fsp3) is 0.269. The van der Waals surface area contributed by atoms with Gasteiger partial charge in [-0.15, -0.1) is 0 Å². The zero-order chi connectivity index (χ0) is 25.8. The number of aromatic nitrogens is 1. The van der Waals surface area contributed by atoms with E-state index < -0.39 is 0 Å². The van der Waals surface area contributed by atoms with Crippen LogP contribution in [0.4, 0.5) is 17.2 Å². The summed E-state index contributed by atoms with van der Waals surface area (Å²) in [6.07, 6.45) is 1.29. The van der Waals surface area contributed by atoms with Crippen LogP contribution >= 0.6 is 0 Å². The minimum atomic E-state index is 0.0577. The van der Waals surface area contributed by atoms with Gasteiger partial charge in [0.1, 0.15) is 29.5 Å². The third-order valence-corrected chi connectivity index (χ3v) is 5.29. The first-order valence-corrected chi connectivity index (χ1v) is 11.3. The fourth-order valence-corrected chi connectivity index (χ4v) is 3.56. The van der Waals surface area contributed by atoms with Crippen molar-refractivity contribution >= 4 is 23.5 Å². The Morgan fingerprint density at radius 1 is 1.20 bits per heavy atom. The Labute approximate surface area is 205 Å². The topological polar surface area (TPSA) is 162 Å². The zero-order valence-corrected chi connectivity index (χ0v) is 20.0. The van der Waals surface area contributed by atoms with Gasteiger partial charge in [-0.05, 0) is 49.4 Å². The summed E-state index contributed by atoms with van der Waals surface area (Å²) in [7, 11) is 1.83. The Hall–Kier alpha value is -4.13. The number of hydrogen-bond donors (Lipinski definition) is 5. The molecule has 35 heavy (non-hydrogen) atoms. The molecule has 9 heteroatoms. The molecule has 9 nitrogen and oxygen atoms in total. The van der Waals surface area contributed by atoms with Gasteiger partial charge in [0.05, 0.1) is 23.7 Å². The molecule has 0 bridgehead atoms. The van der Waals surface area contributed by atoms with E-state index >= 15 is 0 Å². The molecular weight excluding hydrogens is 444 g/mol. The molecule has 0 amide bonds. The lowest BCUT2D eigenvalue weighted by atomic mass is 9.97. The highest BCUT2D eigenvalue weighted by molar-refractivity contribution is 5.85. The second-order valence-electron chi connectivity index (χ2n) is 7.47. The Balaban J connectivity index is 0.000000784. The van der Waals surface area contributed by atoms with Gasteiger partial charge < -0.3 is 36.7 Å². The molecule has 0 unspecified atom stereocenters. The molecule has 0 aliphatic heterocycles. The van der Waals surface area contributed by atoms with Gasteiger partial charge in [0.25, 0.3) is 0 Å². The number of para-hydroxylation sites is 1. The SMILES string of the molecule is CCN(CCO)c1ccc(-c2cc(-c3ccccc3O)nc(N)c2C#N)cc1NC.NCCC=O. The van der Waals surface area contributed by atoms with Gasteiger partial charge in [-0.2, -0.15) is 5.26 Å². The summed E-state index contributed by atoms with van der Waals surface area (Å²) in [6.45, 7) is 3.83. The van der Waals surface area contributed by atoms with E-state index in [1.54, 1.807) is 30.3 Å². The number of benzene rings is 2. The molecule has 0 spiro atoms. The fourth-order valence-electron chi connectivity index (χ4n) is 3.56. The lowest BCUT2D eigenvalue weighted by molar-refractivity contribution is -0.107. The third-order valence-electron chi connectivity index (χ3n) is 5.29. The van der Waals surface area contributed by atoms with Crippen LogP contribution in [-0.2, 0) is 4.79 Å². The number of nitrogens with two attached hydrogens (primary N) is 2. The molecule has 0 radical (unpaired) electrons. The van der Waals surface area contributed by atoms with E-state index in [2.05, 4.69) is 21.3 Å². The zero-order valence-electron chi connectivity index (χ0n) is 20.0. The van der Waals surface area contributed by atoms with Gasteiger partial charge in [-0.3, -0.25) is 0 Å². The molecule has 3 rings (SSSR count). The number of aromatic hydroxyl groups is 1. The van der Waals surface area contributed by atoms with Gasteiger partial charge in [0, 0.05) is 37.7 Å². The van der Waals surface area contributed by atoms with Crippen molar-refractivity contribution in [3.05, 3.63) is 54.1 Å². The summed E-state index contributed by atoms with van der Waals surface area (Å²) >= 11 is 0. The third kappa shape index (κ3) is 6.69. The normalized spacial score (nSPS) is 10.0. The molecule has 0 atom stereocenters. The smallest absolute Gasteiger partial charge is 0.142 e. The molecule has 3 aromatic rings. The summed E-state index contributed by atoms with van der Waals surface area (Å²) in [5.41, 5.74) is 15.6. The van der Waals surface area contributed by atoms with Crippen LogP contribution in [0.5, 0.6) is 5.75 Å². The van der Waals surface area contributed by atoms with Crippen LogP contribution in [0.2, 0.25) is 0 Å². The number of hydrogen-bond acceptors (Lipinski definition) is 9. The number of likely N-dealkylation sites (N-methyl/N-ethyl adjacent to an activating group) is 1. The summed E-state index contributed by atoms with van der Waals surface area (Å²) in [4.78, 5) is 15.7. The van der Waals surface area contributed by atoms with E-state index in [9.17, 15) is 20.3 Å². The molecule has 0 saturated carbocycles. The highest BCUT2D eigenvalue weighted by Crippen LogP contribution is 2.37. The standard InChI is InChI=1S/C23H25N5O2.C3H7NO/c1-3-28(10-11-29)21-9-8-15(12-20(21)26-2)17-13-19(27-23(25)18(17)14-24)16-6-4-5-7-22(16)30;4-2-1-3-5/h4-9,12-13,26,29-30H,3,10-11H2,1-2H3,(H2,25,27);3H,1-2,4H2. The quantitative estimate of drug-likeness (QED) is 0.292. The first kappa shape index (κ1) is 27.1. The summed E-state index contributed by atoms with van der Waals surface area (Å²) in [5, 5.41) is 32.4. The molecule has 0 aliphatic carbocycles. The van der Waals surface area contributed by atoms with Gasteiger partial charge in [-0.1, -0.05) is 18.2 Å². The van der Waals surface area contributed by atoms with Gasteiger partial charge in [0.2, 0.25) is 0 Å². The van der Waals surface area contributed by atoms with Crippen LogP contribution in [0.25, 0.3) is 22.4 Å². The number of phenols is 1. The minimum Gasteiger partial charge on any atom is -0.507 e. The maximum Gasteiger partial charge on any atom is 0.142 e. The second-order valence-corrected chi connectivity index (χ2v) is 7.47. The molecule has 0 aliphatic rings. The number of nitrogen functional groups attached to an aromatic ring is 1. The van der Waals surface area contributed by atoms with E-state index in [1.165, 1.54) is 0 Å². The van der Waals surface area contributed by atoms with Gasteiger partial charge in [-0.25, -0.2) is 4.98 Å². The number of nitrogens with zero attached hydrogens (tertiary/aromatic N) is 3. The number of anilines is 3. The van der Waals surface area contributed by atoms with E-state index in [4.69, 9.17) is 11.5 Å². The molecule has 0 saturated heterocycles. The second kappa shape index (κ2) is 13.5. The molecule has 1 heterocycles. The van der Waals surface area contributed by atoms with Crippen LogP contribution in [0.1, 0.15) is 18.9 Å². The van der Waals surface area contributed by atoms with Crippen molar-refractivity contribution in [1.29, 1.82) is 5.26 Å². The highest BCUT2D eigenvalue weighted by Gasteiger charge is 2.17. The molecule has 184 valence electrons. The molecule has 1 aromatic heterocycles. The average Bonchev–Trinajstić information content (AvgIpc) is 2.87. The highest BCUT2D eigenvalue weighted by atomic mass is 16.3. The van der Waals surface area contributed by atoms with Crippen LogP contribution in [0.3, 0.4) is 0 Å². The van der Waals surface area contributed by atoms with Crippen molar-refractivity contribution in [2.45, 2.75) is 13.3 Å². The Morgan fingerprint density at radius 3 is 2.49 bits per heavy atom. The first-order chi connectivity index (χ1) is 16.9. The average molecular weight is 477 g/mol. The van der Waals surface area contributed by atoms with Crippen molar-refractivity contribution in [3.8, 4) is 34.2 Å². The largest absolute Gasteiger partial charge is 0.507 e. The van der Waals surface area contributed by atoms with Crippen molar-refractivity contribution in [2.24, 2.45) is 5.73 Å². The Morgan fingerprint density at radius 2 is 1.94 bits per heavy atom. The van der Waals surface area contributed by atoms with E-state index in [-0.39, 0.29) is 23.7 Å². The van der Waals surface area contributed by atoms with Crippen LogP contribution in [0.15, 0.2) is 48.5 Å². The van der Waals surface area contributed by atoms with Crippen LogP contribution in [-0.4, -0.2) is 54.8 Å². The molecule has 0 fully saturated rings. The number of rotatable bonds is 9. The van der Waals surface area contributed by atoms with Gasteiger partial charge in [0.15, 0.2) is 0 Å². The maximum absolute atomic E-state index is 10.2. The Bertz CT molecular complexity index is 1180. The van der Waals surface area contributed by atoms with E-state index in [1.807, 2.05) is 32.2 Å². The van der Waals surface area contributed by atoms with Crippen LogP contribution in [0, 0.1) is 11.3 Å². The van der Waals surface area contributed by atoms with Crippen molar-refractivity contribution in [3.63, 3.8) is 0 Å². The van der Waals surface area contributed by atoms with Crippen molar-refractivity contribution in [1.82, 2.24) is 4.98 Å². The lowest BCUT2D eigenvalue weighted by Gasteiger charge is -2.25. The summed E-state index contributed by atoms with van der Waals surface area (Å²) < 4.78 is 0. The summed E-state index contributed by atoms with van der Waals surface area (Å²) in [5.74, 6) is 0.202. The van der Waals surface area contributed by atoms with Crippen molar-refractivity contribution < 1.29 is 15.0 Å². The predicted molar refractivity (Wildman–Crippen MR) is 140 cm³/mol. The number of aliphatic hydroxyl groups excluding tert-OH is 1. The van der Waals surface area contributed by atoms with E-state index in [0.717, 1.165) is 29.8 Å². The number of carbonyl (C=O) groups excluding carboxylic acids is 1. The maximum atomic E-state index is 10.2. The minimum absolute atomic E-state index is 0.0577. The van der Waals surface area contributed by atoms with Crippen LogP contribution < -0.4 is 21.7 Å². The number of phenolic OH excluding ortho intramolecular Hbond substituents is 1.